The SMILES string of the molecule is CC1CC(N)CN(C(=O)c2ccc(-n3cnnn3)cc2)C1. The molecule has 2 atom stereocenters. The van der Waals surface area contributed by atoms with Crippen molar-refractivity contribution >= 4 is 5.91 Å². The predicted octanol–water partition coefficient (Wildman–Crippen LogP) is 0.472. The molecule has 0 bridgehead atoms. The van der Waals surface area contributed by atoms with Gasteiger partial charge in [0.05, 0.1) is 5.69 Å². The fourth-order valence-corrected chi connectivity index (χ4v) is 2.78. The number of benzene rings is 1. The second-order valence-electron chi connectivity index (χ2n) is 5.61. The molecule has 1 aliphatic heterocycles. The number of likely N-dealkylation sites (tertiary alicyclic amines) is 1. The first-order valence-electron chi connectivity index (χ1n) is 7.02. The van der Waals surface area contributed by atoms with Gasteiger partial charge < -0.3 is 10.6 Å². The Morgan fingerprint density at radius 3 is 2.67 bits per heavy atom. The first-order chi connectivity index (χ1) is 10.1. The van der Waals surface area contributed by atoms with Crippen molar-refractivity contribution in [3.8, 4) is 5.69 Å². The quantitative estimate of drug-likeness (QED) is 0.866. The molecule has 7 heteroatoms. The van der Waals surface area contributed by atoms with Crippen molar-refractivity contribution in [2.45, 2.75) is 19.4 Å². The second kappa shape index (κ2) is 5.61. The van der Waals surface area contributed by atoms with Crippen LogP contribution in [0.5, 0.6) is 0 Å². The van der Waals surface area contributed by atoms with Crippen molar-refractivity contribution in [3.05, 3.63) is 36.2 Å². The molecule has 1 aromatic heterocycles. The van der Waals surface area contributed by atoms with Crippen LogP contribution in [-0.4, -0.2) is 50.1 Å². The first-order valence-corrected chi connectivity index (χ1v) is 7.02. The van der Waals surface area contributed by atoms with Crippen molar-refractivity contribution < 1.29 is 4.79 Å². The standard InChI is InChI=1S/C14H18N6O/c1-10-6-12(15)8-19(7-10)14(21)11-2-4-13(5-3-11)20-9-16-17-18-20/h2-5,9-10,12H,6-8,15H2,1H3. The molecule has 2 heterocycles. The molecular weight excluding hydrogens is 268 g/mol. The lowest BCUT2D eigenvalue weighted by Crippen LogP contribution is -2.48. The Labute approximate surface area is 122 Å². The smallest absolute Gasteiger partial charge is 0.253 e. The van der Waals surface area contributed by atoms with Gasteiger partial charge in [0.15, 0.2) is 0 Å². The second-order valence-corrected chi connectivity index (χ2v) is 5.61. The molecule has 1 aliphatic rings. The third-order valence-corrected chi connectivity index (χ3v) is 3.71. The van der Waals surface area contributed by atoms with Crippen LogP contribution in [0.2, 0.25) is 0 Å². The van der Waals surface area contributed by atoms with Crippen LogP contribution in [0.25, 0.3) is 5.69 Å². The van der Waals surface area contributed by atoms with E-state index in [4.69, 9.17) is 5.73 Å². The van der Waals surface area contributed by atoms with Crippen LogP contribution in [0.3, 0.4) is 0 Å². The van der Waals surface area contributed by atoms with Gasteiger partial charge >= 0.3 is 0 Å². The van der Waals surface area contributed by atoms with Crippen LogP contribution in [0.1, 0.15) is 23.7 Å². The third-order valence-electron chi connectivity index (χ3n) is 3.71. The summed E-state index contributed by atoms with van der Waals surface area (Å²) in [4.78, 5) is 14.4. The van der Waals surface area contributed by atoms with E-state index < -0.39 is 0 Å². The number of aromatic nitrogens is 4. The number of amides is 1. The number of nitrogens with two attached hydrogens (primary N) is 1. The molecule has 1 amide bonds. The van der Waals surface area contributed by atoms with Gasteiger partial charge in [-0.25, -0.2) is 4.68 Å². The summed E-state index contributed by atoms with van der Waals surface area (Å²) in [5.74, 6) is 0.471. The number of rotatable bonds is 2. The van der Waals surface area contributed by atoms with Crippen LogP contribution >= 0.6 is 0 Å². The molecule has 7 nitrogen and oxygen atoms in total. The third kappa shape index (κ3) is 2.92. The molecular formula is C14H18N6O. The van der Waals surface area contributed by atoms with Crippen LogP contribution in [0.4, 0.5) is 0 Å². The van der Waals surface area contributed by atoms with Gasteiger partial charge in [0.2, 0.25) is 0 Å². The average molecular weight is 286 g/mol. The summed E-state index contributed by atoms with van der Waals surface area (Å²) < 4.78 is 1.55. The summed E-state index contributed by atoms with van der Waals surface area (Å²) in [5, 5.41) is 11.0. The number of carbonyl (C=O) groups excluding carboxylic acids is 1. The molecule has 0 saturated carbocycles. The summed E-state index contributed by atoms with van der Waals surface area (Å²) in [6.45, 7) is 3.51. The van der Waals surface area contributed by atoms with Gasteiger partial charge in [0, 0.05) is 24.7 Å². The topological polar surface area (TPSA) is 89.9 Å². The predicted molar refractivity (Wildman–Crippen MR) is 76.8 cm³/mol. The fraction of sp³-hybridized carbons (Fsp3) is 0.429. The van der Waals surface area contributed by atoms with E-state index in [9.17, 15) is 4.79 Å². The minimum Gasteiger partial charge on any atom is -0.337 e. The summed E-state index contributed by atoms with van der Waals surface area (Å²) >= 11 is 0. The average Bonchev–Trinajstić information content (AvgIpc) is 3.00. The highest BCUT2D eigenvalue weighted by atomic mass is 16.2. The number of nitrogens with zero attached hydrogens (tertiary/aromatic N) is 5. The lowest BCUT2D eigenvalue weighted by atomic mass is 9.96. The van der Waals surface area contributed by atoms with Gasteiger partial charge in [0.1, 0.15) is 6.33 Å². The maximum atomic E-state index is 12.5. The van der Waals surface area contributed by atoms with E-state index in [0.29, 0.717) is 18.0 Å². The van der Waals surface area contributed by atoms with Crippen LogP contribution in [-0.2, 0) is 0 Å². The Hall–Kier alpha value is -2.28. The lowest BCUT2D eigenvalue weighted by molar-refractivity contribution is 0.0661. The zero-order valence-corrected chi connectivity index (χ0v) is 11.9. The van der Waals surface area contributed by atoms with E-state index in [1.165, 1.54) is 6.33 Å². The van der Waals surface area contributed by atoms with Crippen molar-refractivity contribution in [1.82, 2.24) is 25.1 Å². The molecule has 0 radical (unpaired) electrons. The Kier molecular flexibility index (Phi) is 3.66. The van der Waals surface area contributed by atoms with Crippen molar-refractivity contribution in [2.75, 3.05) is 13.1 Å². The number of piperidine rings is 1. The summed E-state index contributed by atoms with van der Waals surface area (Å²) in [7, 11) is 0. The van der Waals surface area contributed by atoms with Gasteiger partial charge in [-0.2, -0.15) is 0 Å². The number of tetrazole rings is 1. The maximum absolute atomic E-state index is 12.5. The summed E-state index contributed by atoms with van der Waals surface area (Å²) in [5.41, 5.74) is 7.48. The van der Waals surface area contributed by atoms with E-state index in [-0.39, 0.29) is 11.9 Å². The van der Waals surface area contributed by atoms with Gasteiger partial charge in [-0.1, -0.05) is 6.92 Å². The lowest BCUT2D eigenvalue weighted by Gasteiger charge is -2.34. The zero-order chi connectivity index (χ0) is 14.8. The fourth-order valence-electron chi connectivity index (χ4n) is 2.78. The molecule has 1 saturated heterocycles. The monoisotopic (exact) mass is 286 g/mol. The first kappa shape index (κ1) is 13.7. The molecule has 2 N–H and O–H groups in total. The number of hydrogen-bond acceptors (Lipinski definition) is 5. The van der Waals surface area contributed by atoms with Crippen LogP contribution < -0.4 is 5.73 Å². The maximum Gasteiger partial charge on any atom is 0.253 e. The molecule has 2 unspecified atom stereocenters. The van der Waals surface area contributed by atoms with Gasteiger partial charge in [-0.05, 0) is 47.0 Å². The van der Waals surface area contributed by atoms with Crippen molar-refractivity contribution in [2.24, 2.45) is 11.7 Å². The Morgan fingerprint density at radius 1 is 1.29 bits per heavy atom. The molecule has 0 aliphatic carbocycles. The molecule has 110 valence electrons. The molecule has 1 aromatic carbocycles. The molecule has 3 rings (SSSR count). The highest BCUT2D eigenvalue weighted by Crippen LogP contribution is 2.18. The van der Waals surface area contributed by atoms with E-state index in [1.807, 2.05) is 17.0 Å². The van der Waals surface area contributed by atoms with E-state index in [1.54, 1.807) is 16.8 Å². The zero-order valence-electron chi connectivity index (χ0n) is 11.9. The van der Waals surface area contributed by atoms with Crippen LogP contribution in [0, 0.1) is 5.92 Å². The van der Waals surface area contributed by atoms with Gasteiger partial charge in [-0.3, -0.25) is 4.79 Å². The summed E-state index contributed by atoms with van der Waals surface area (Å²) in [6.07, 6.45) is 2.49. The highest BCUT2D eigenvalue weighted by molar-refractivity contribution is 5.94. The van der Waals surface area contributed by atoms with Gasteiger partial charge in [0.25, 0.3) is 5.91 Å². The molecule has 0 spiro atoms. The summed E-state index contributed by atoms with van der Waals surface area (Å²) in [6, 6.07) is 7.32. The van der Waals surface area contributed by atoms with Crippen molar-refractivity contribution in [3.63, 3.8) is 0 Å². The largest absolute Gasteiger partial charge is 0.337 e. The van der Waals surface area contributed by atoms with E-state index in [2.05, 4.69) is 22.4 Å². The molecule has 1 fully saturated rings. The van der Waals surface area contributed by atoms with Gasteiger partial charge in [-0.15, -0.1) is 5.10 Å². The number of carbonyl (C=O) groups is 1. The van der Waals surface area contributed by atoms with Crippen molar-refractivity contribution in [1.29, 1.82) is 0 Å². The normalized spacial score (nSPS) is 22.3. The minimum atomic E-state index is 0.0280. The molecule has 21 heavy (non-hydrogen) atoms. The Morgan fingerprint density at radius 2 is 2.05 bits per heavy atom. The molecule has 2 aromatic rings. The van der Waals surface area contributed by atoms with Crippen LogP contribution in [0.15, 0.2) is 30.6 Å². The Bertz CT molecular complexity index is 599. The van der Waals surface area contributed by atoms with E-state index >= 15 is 0 Å². The Balaban J connectivity index is 1.76. The minimum absolute atomic E-state index is 0.0280. The highest BCUT2D eigenvalue weighted by Gasteiger charge is 2.26. The van der Waals surface area contributed by atoms with E-state index in [0.717, 1.165) is 18.7 Å². The number of hydrogen-bond donors (Lipinski definition) is 1.